The van der Waals surface area contributed by atoms with E-state index in [9.17, 15) is 26.7 Å². The maximum Gasteiger partial charge on any atom is 0.419 e. The number of allylic oxidation sites excluding steroid dienone is 1. The number of hydrogen-bond acceptors (Lipinski definition) is 4. The van der Waals surface area contributed by atoms with Gasteiger partial charge in [0.05, 0.1) is 22.9 Å². The first-order valence-corrected chi connectivity index (χ1v) is 8.85. The van der Waals surface area contributed by atoms with Crippen molar-refractivity contribution in [1.82, 2.24) is 10.2 Å². The van der Waals surface area contributed by atoms with Crippen LogP contribution >= 0.6 is 0 Å². The number of benzene rings is 1. The van der Waals surface area contributed by atoms with Crippen LogP contribution in [0.15, 0.2) is 39.5 Å². The predicted octanol–water partition coefficient (Wildman–Crippen LogP) is 3.21. The van der Waals surface area contributed by atoms with Crippen LogP contribution in [-0.2, 0) is 11.0 Å². The van der Waals surface area contributed by atoms with Gasteiger partial charge < -0.3 is 16.0 Å². The van der Waals surface area contributed by atoms with E-state index >= 15 is 0 Å². The first-order valence-electron chi connectivity index (χ1n) is 8.85. The van der Waals surface area contributed by atoms with Gasteiger partial charge in [-0.15, -0.1) is 0 Å². The summed E-state index contributed by atoms with van der Waals surface area (Å²) in [6.07, 6.45) is -4.27. The number of guanidine groups is 1. The molecule has 0 aliphatic heterocycles. The molecule has 0 aliphatic carbocycles. The van der Waals surface area contributed by atoms with Crippen molar-refractivity contribution < 1.29 is 26.7 Å². The Morgan fingerprint density at radius 1 is 1.33 bits per heavy atom. The monoisotopic (exact) mass is 433 g/mol. The van der Waals surface area contributed by atoms with Gasteiger partial charge in [-0.3, -0.25) is 14.8 Å². The number of aliphatic imine (C=N–C) groups is 2. The Labute approximate surface area is 171 Å². The molecule has 3 N–H and O–H groups in total. The lowest BCUT2D eigenvalue weighted by atomic mass is 10.0. The highest BCUT2D eigenvalue weighted by Gasteiger charge is 2.34. The summed E-state index contributed by atoms with van der Waals surface area (Å²) in [5, 5.41) is 2.77. The average molecular weight is 433 g/mol. The number of carbonyl (C=O) groups is 1. The molecule has 0 fully saturated rings. The number of nitrogens with zero attached hydrogens (tertiary/aromatic N) is 3. The van der Waals surface area contributed by atoms with Crippen molar-refractivity contribution in [3.63, 3.8) is 0 Å². The van der Waals surface area contributed by atoms with E-state index in [1.54, 1.807) is 25.9 Å². The van der Waals surface area contributed by atoms with Crippen molar-refractivity contribution >= 4 is 18.1 Å². The normalized spacial score (nSPS) is 14.8. The van der Waals surface area contributed by atoms with Crippen molar-refractivity contribution in [1.29, 1.82) is 0 Å². The SMILES string of the molecule is CCC(N=C(NC(=NC)N(C)C)C(C=O)=C(N)CF)c1ccc(C(F)(F)F)c(F)c1. The van der Waals surface area contributed by atoms with Crippen LogP contribution in [0.5, 0.6) is 0 Å². The van der Waals surface area contributed by atoms with Crippen LogP contribution in [0.3, 0.4) is 0 Å². The number of alkyl halides is 4. The highest BCUT2D eigenvalue weighted by atomic mass is 19.4. The molecular formula is C19H24F5N5O. The Hall–Kier alpha value is -2.98. The van der Waals surface area contributed by atoms with Crippen molar-refractivity contribution in [2.45, 2.75) is 25.6 Å². The van der Waals surface area contributed by atoms with E-state index in [-0.39, 0.29) is 35.0 Å². The maximum atomic E-state index is 14.0. The fourth-order valence-corrected chi connectivity index (χ4v) is 2.52. The summed E-state index contributed by atoms with van der Waals surface area (Å²) in [6, 6.07) is 1.63. The zero-order valence-electron chi connectivity index (χ0n) is 17.0. The minimum atomic E-state index is -4.83. The zero-order valence-corrected chi connectivity index (χ0v) is 17.0. The first kappa shape index (κ1) is 25.1. The molecule has 166 valence electrons. The van der Waals surface area contributed by atoms with E-state index in [1.807, 2.05) is 0 Å². The molecule has 1 aromatic carbocycles. The minimum absolute atomic E-state index is 0.137. The second-order valence-corrected chi connectivity index (χ2v) is 6.40. The highest BCUT2D eigenvalue weighted by Crippen LogP contribution is 2.33. The van der Waals surface area contributed by atoms with E-state index in [2.05, 4.69) is 15.3 Å². The van der Waals surface area contributed by atoms with Crippen molar-refractivity contribution in [3.05, 3.63) is 46.4 Å². The molecule has 0 aliphatic rings. The van der Waals surface area contributed by atoms with Crippen LogP contribution in [0.2, 0.25) is 0 Å². The number of hydrogen-bond donors (Lipinski definition) is 2. The third-order valence-electron chi connectivity index (χ3n) is 4.08. The molecule has 0 bridgehead atoms. The fourth-order valence-electron chi connectivity index (χ4n) is 2.52. The fraction of sp³-hybridized carbons (Fsp3) is 0.421. The molecule has 11 heteroatoms. The van der Waals surface area contributed by atoms with Gasteiger partial charge in [0, 0.05) is 21.1 Å². The molecule has 0 radical (unpaired) electrons. The number of amidine groups is 1. The molecule has 0 aromatic heterocycles. The third kappa shape index (κ3) is 6.26. The van der Waals surface area contributed by atoms with E-state index in [4.69, 9.17) is 5.73 Å². The number of nitrogens with one attached hydrogen (secondary N) is 1. The predicted molar refractivity (Wildman–Crippen MR) is 105 cm³/mol. The van der Waals surface area contributed by atoms with Gasteiger partial charge in [-0.05, 0) is 24.1 Å². The van der Waals surface area contributed by atoms with Gasteiger partial charge >= 0.3 is 6.18 Å². The lowest BCUT2D eigenvalue weighted by Gasteiger charge is -2.21. The molecule has 0 saturated heterocycles. The number of halogens is 5. The molecule has 1 rings (SSSR count). The Morgan fingerprint density at radius 3 is 2.37 bits per heavy atom. The maximum absolute atomic E-state index is 14.0. The molecular weight excluding hydrogens is 409 g/mol. The van der Waals surface area contributed by atoms with Crippen molar-refractivity contribution in [3.8, 4) is 0 Å². The number of carbonyl (C=O) groups excluding carboxylic acids is 1. The quantitative estimate of drug-likeness (QED) is 0.237. The molecule has 1 atom stereocenters. The Bertz CT molecular complexity index is 846. The zero-order chi connectivity index (χ0) is 23.1. The molecule has 6 nitrogen and oxygen atoms in total. The Morgan fingerprint density at radius 2 is 1.97 bits per heavy atom. The van der Waals surface area contributed by atoms with Gasteiger partial charge in [0.15, 0.2) is 12.2 Å². The Balaban J connectivity index is 3.55. The minimum Gasteiger partial charge on any atom is -0.399 e. The van der Waals surface area contributed by atoms with Gasteiger partial charge in [-0.25, -0.2) is 8.78 Å². The van der Waals surface area contributed by atoms with Crippen LogP contribution in [0.4, 0.5) is 22.0 Å². The second-order valence-electron chi connectivity index (χ2n) is 6.40. The first-order chi connectivity index (χ1) is 14.0. The molecule has 0 heterocycles. The van der Waals surface area contributed by atoms with Crippen LogP contribution < -0.4 is 11.1 Å². The van der Waals surface area contributed by atoms with Gasteiger partial charge in [0.1, 0.15) is 18.3 Å². The van der Waals surface area contributed by atoms with Crippen molar-refractivity contribution in [2.75, 3.05) is 27.8 Å². The van der Waals surface area contributed by atoms with Crippen LogP contribution in [-0.4, -0.2) is 50.8 Å². The lowest BCUT2D eigenvalue weighted by molar-refractivity contribution is -0.140. The highest BCUT2D eigenvalue weighted by molar-refractivity contribution is 6.19. The summed E-state index contributed by atoms with van der Waals surface area (Å²) in [6.45, 7) is 0.548. The molecule has 0 saturated carbocycles. The number of aldehydes is 1. The average Bonchev–Trinajstić information content (AvgIpc) is 2.68. The summed E-state index contributed by atoms with van der Waals surface area (Å²) in [4.78, 5) is 21.4. The summed E-state index contributed by atoms with van der Waals surface area (Å²) in [5.74, 6) is -1.32. The smallest absolute Gasteiger partial charge is 0.399 e. The lowest BCUT2D eigenvalue weighted by Crippen LogP contribution is -2.42. The van der Waals surface area contributed by atoms with Gasteiger partial charge in [-0.1, -0.05) is 13.0 Å². The molecule has 0 spiro atoms. The van der Waals surface area contributed by atoms with Crippen molar-refractivity contribution in [2.24, 2.45) is 15.7 Å². The largest absolute Gasteiger partial charge is 0.419 e. The number of nitrogens with two attached hydrogens (primary N) is 1. The molecule has 1 unspecified atom stereocenters. The van der Waals surface area contributed by atoms with E-state index in [0.717, 1.165) is 12.1 Å². The topological polar surface area (TPSA) is 83.1 Å². The third-order valence-corrected chi connectivity index (χ3v) is 4.08. The number of rotatable bonds is 6. The summed E-state index contributed by atoms with van der Waals surface area (Å²) in [5.41, 5.74) is 3.67. The molecule has 1 aromatic rings. The second kappa shape index (κ2) is 10.7. The summed E-state index contributed by atoms with van der Waals surface area (Å²) >= 11 is 0. The molecule has 30 heavy (non-hydrogen) atoms. The summed E-state index contributed by atoms with van der Waals surface area (Å²) < 4.78 is 65.6. The Kier molecular flexibility index (Phi) is 8.94. The van der Waals surface area contributed by atoms with Gasteiger partial charge in [0.25, 0.3) is 0 Å². The van der Waals surface area contributed by atoms with Crippen LogP contribution in [0, 0.1) is 5.82 Å². The van der Waals surface area contributed by atoms with E-state index < -0.39 is 30.3 Å². The van der Waals surface area contributed by atoms with Crippen LogP contribution in [0.1, 0.15) is 30.5 Å². The van der Waals surface area contributed by atoms with Crippen LogP contribution in [0.25, 0.3) is 0 Å². The van der Waals surface area contributed by atoms with E-state index in [1.165, 1.54) is 7.05 Å². The molecule has 0 amide bonds. The van der Waals surface area contributed by atoms with Gasteiger partial charge in [-0.2, -0.15) is 13.2 Å². The van der Waals surface area contributed by atoms with Gasteiger partial charge in [0.2, 0.25) is 0 Å². The standard InChI is InChI=1S/C19H24F5N5O/c1-5-16(11-6-7-13(14(21)8-11)19(22,23)24)27-17(12(10-30)15(25)9-20)28-18(26-2)29(3)4/h6-8,10,16H,5,9,25H2,1-4H3,(H,26,27,28). The van der Waals surface area contributed by atoms with E-state index in [0.29, 0.717) is 12.4 Å². The summed E-state index contributed by atoms with van der Waals surface area (Å²) in [7, 11) is 4.77.